The minimum Gasteiger partial charge on any atom is -0.444 e. The summed E-state index contributed by atoms with van der Waals surface area (Å²) in [5, 5.41) is 4.97. The first-order valence-electron chi connectivity index (χ1n) is 5.67. The van der Waals surface area contributed by atoms with Crippen molar-refractivity contribution in [2.75, 3.05) is 6.67 Å². The monoisotopic (exact) mass is 246 g/mol. The fourth-order valence-corrected chi connectivity index (χ4v) is 1.58. The van der Waals surface area contributed by atoms with Crippen LogP contribution in [0.3, 0.4) is 0 Å². The number of hydrogen-bond acceptors (Lipinski definition) is 3. The zero-order chi connectivity index (χ0) is 13.1. The summed E-state index contributed by atoms with van der Waals surface area (Å²) < 4.78 is 17.4. The van der Waals surface area contributed by atoms with E-state index in [-0.39, 0.29) is 5.91 Å². The van der Waals surface area contributed by atoms with Gasteiger partial charge in [-0.2, -0.15) is 0 Å². The van der Waals surface area contributed by atoms with Gasteiger partial charge in [-0.25, -0.2) is 9.18 Å². The molecule has 0 saturated carbocycles. The normalized spacial score (nSPS) is 25.1. The van der Waals surface area contributed by atoms with E-state index in [4.69, 9.17) is 4.74 Å². The standard InChI is InChI=1S/C11H19FN2O3/c1-11(2,3)17-10(16)14-8-5-4-7(6-12)13-9(8)15/h7-8H,4-6H2,1-3H3,(H,13,15)(H,14,16)/t7-,8-/m0/s1. The van der Waals surface area contributed by atoms with Gasteiger partial charge in [0.25, 0.3) is 0 Å². The fourth-order valence-electron chi connectivity index (χ4n) is 1.58. The molecular formula is C11H19FN2O3. The highest BCUT2D eigenvalue weighted by Gasteiger charge is 2.30. The van der Waals surface area contributed by atoms with Crippen molar-refractivity contribution in [2.45, 2.75) is 51.3 Å². The van der Waals surface area contributed by atoms with Crippen molar-refractivity contribution in [3.8, 4) is 0 Å². The van der Waals surface area contributed by atoms with Crippen LogP contribution in [0.5, 0.6) is 0 Å². The first-order valence-corrected chi connectivity index (χ1v) is 5.67. The Balaban J connectivity index is 2.42. The molecule has 1 heterocycles. The van der Waals surface area contributed by atoms with Gasteiger partial charge in [-0.1, -0.05) is 0 Å². The summed E-state index contributed by atoms with van der Waals surface area (Å²) in [6, 6.07) is -1.06. The maximum Gasteiger partial charge on any atom is 0.408 e. The third-order valence-corrected chi connectivity index (χ3v) is 2.34. The number of carbonyl (C=O) groups excluding carboxylic acids is 2. The molecule has 1 aliphatic heterocycles. The van der Waals surface area contributed by atoms with E-state index in [2.05, 4.69) is 10.6 Å². The van der Waals surface area contributed by atoms with E-state index >= 15 is 0 Å². The van der Waals surface area contributed by atoms with Crippen molar-refractivity contribution in [3.05, 3.63) is 0 Å². The fraction of sp³-hybridized carbons (Fsp3) is 0.818. The molecule has 1 aliphatic rings. The summed E-state index contributed by atoms with van der Waals surface area (Å²) in [5.41, 5.74) is -0.600. The molecule has 0 aromatic rings. The van der Waals surface area contributed by atoms with Gasteiger partial charge in [0.1, 0.15) is 18.3 Å². The number of hydrogen-bond donors (Lipinski definition) is 2. The van der Waals surface area contributed by atoms with Crippen molar-refractivity contribution in [1.29, 1.82) is 0 Å². The van der Waals surface area contributed by atoms with Gasteiger partial charge in [-0.15, -0.1) is 0 Å². The number of alkyl halides is 1. The molecule has 1 fully saturated rings. The van der Waals surface area contributed by atoms with Gasteiger partial charge in [-0.3, -0.25) is 4.79 Å². The van der Waals surface area contributed by atoms with Crippen molar-refractivity contribution >= 4 is 12.0 Å². The number of ether oxygens (including phenoxy) is 1. The molecule has 0 bridgehead atoms. The van der Waals surface area contributed by atoms with Crippen LogP contribution in [0.1, 0.15) is 33.6 Å². The summed E-state index contributed by atoms with van der Waals surface area (Å²) >= 11 is 0. The zero-order valence-corrected chi connectivity index (χ0v) is 10.4. The first kappa shape index (κ1) is 13.7. The van der Waals surface area contributed by atoms with Crippen molar-refractivity contribution in [3.63, 3.8) is 0 Å². The third kappa shape index (κ3) is 4.58. The Kier molecular flexibility index (Phi) is 4.31. The lowest BCUT2D eigenvalue weighted by molar-refractivity contribution is -0.125. The van der Waals surface area contributed by atoms with Crippen molar-refractivity contribution < 1.29 is 18.7 Å². The Labute approximate surface area is 100 Å². The molecule has 6 heteroatoms. The minimum absolute atomic E-state index is 0.357. The second-order valence-electron chi connectivity index (χ2n) is 5.14. The summed E-state index contributed by atoms with van der Waals surface area (Å²) in [4.78, 5) is 23.0. The van der Waals surface area contributed by atoms with Crippen LogP contribution < -0.4 is 10.6 Å². The molecule has 5 nitrogen and oxygen atoms in total. The van der Waals surface area contributed by atoms with Crippen LogP contribution in [-0.2, 0) is 9.53 Å². The molecule has 0 aliphatic carbocycles. The number of amides is 2. The SMILES string of the molecule is CC(C)(C)OC(=O)N[C@H]1CC[C@@H](CF)NC1=O. The quantitative estimate of drug-likeness (QED) is 0.767. The molecule has 0 unspecified atom stereocenters. The van der Waals surface area contributed by atoms with Crippen molar-refractivity contribution in [2.24, 2.45) is 0 Å². The molecule has 1 saturated heterocycles. The van der Waals surface area contributed by atoms with Crippen LogP contribution in [0.25, 0.3) is 0 Å². The summed E-state index contributed by atoms with van der Waals surface area (Å²) in [5.74, 6) is -0.357. The van der Waals surface area contributed by atoms with Crippen LogP contribution >= 0.6 is 0 Å². The number of carbonyl (C=O) groups is 2. The van der Waals surface area contributed by atoms with Gasteiger partial charge < -0.3 is 15.4 Å². The maximum absolute atomic E-state index is 12.3. The van der Waals surface area contributed by atoms with Gasteiger partial charge >= 0.3 is 6.09 Å². The molecular weight excluding hydrogens is 227 g/mol. The topological polar surface area (TPSA) is 67.4 Å². The number of nitrogens with one attached hydrogen (secondary N) is 2. The van der Waals surface area contributed by atoms with E-state index in [9.17, 15) is 14.0 Å². The predicted molar refractivity (Wildman–Crippen MR) is 60.3 cm³/mol. The molecule has 0 aromatic carbocycles. The zero-order valence-electron chi connectivity index (χ0n) is 10.4. The van der Waals surface area contributed by atoms with Gasteiger partial charge in [0.15, 0.2) is 0 Å². The van der Waals surface area contributed by atoms with Crippen LogP contribution in [0.4, 0.5) is 9.18 Å². The molecule has 2 atom stereocenters. The molecule has 2 amide bonds. The number of halogens is 1. The number of rotatable bonds is 2. The Hall–Kier alpha value is -1.33. The smallest absolute Gasteiger partial charge is 0.408 e. The molecule has 0 radical (unpaired) electrons. The Bertz CT molecular complexity index is 302. The van der Waals surface area contributed by atoms with Crippen LogP contribution in [0.2, 0.25) is 0 Å². The molecule has 17 heavy (non-hydrogen) atoms. The lowest BCUT2D eigenvalue weighted by atomic mass is 10.0. The van der Waals surface area contributed by atoms with Gasteiger partial charge in [0, 0.05) is 0 Å². The Morgan fingerprint density at radius 3 is 2.65 bits per heavy atom. The van der Waals surface area contributed by atoms with Crippen LogP contribution in [0.15, 0.2) is 0 Å². The van der Waals surface area contributed by atoms with E-state index in [1.165, 1.54) is 0 Å². The number of alkyl carbamates (subject to hydrolysis) is 1. The third-order valence-electron chi connectivity index (χ3n) is 2.34. The Morgan fingerprint density at radius 2 is 2.18 bits per heavy atom. The van der Waals surface area contributed by atoms with Gasteiger partial charge in [0.05, 0.1) is 6.04 Å². The van der Waals surface area contributed by atoms with E-state index in [1.54, 1.807) is 20.8 Å². The predicted octanol–water partition coefficient (Wildman–Crippen LogP) is 1.13. The summed E-state index contributed by atoms with van der Waals surface area (Å²) in [7, 11) is 0. The molecule has 1 rings (SSSR count). The van der Waals surface area contributed by atoms with E-state index < -0.39 is 30.5 Å². The summed E-state index contributed by atoms with van der Waals surface area (Å²) in [6.45, 7) is 4.65. The van der Waals surface area contributed by atoms with Crippen LogP contribution in [-0.4, -0.2) is 36.4 Å². The highest BCUT2D eigenvalue weighted by molar-refractivity contribution is 5.86. The lowest BCUT2D eigenvalue weighted by Crippen LogP contribution is -2.55. The van der Waals surface area contributed by atoms with Crippen LogP contribution in [0, 0.1) is 0 Å². The highest BCUT2D eigenvalue weighted by atomic mass is 19.1. The Morgan fingerprint density at radius 1 is 1.53 bits per heavy atom. The van der Waals surface area contributed by atoms with Gasteiger partial charge in [0.2, 0.25) is 5.91 Å². The molecule has 0 spiro atoms. The van der Waals surface area contributed by atoms with E-state index in [0.29, 0.717) is 12.8 Å². The average Bonchev–Trinajstić information content (AvgIpc) is 2.18. The maximum atomic E-state index is 12.3. The van der Waals surface area contributed by atoms with Crippen molar-refractivity contribution in [1.82, 2.24) is 10.6 Å². The molecule has 98 valence electrons. The van der Waals surface area contributed by atoms with E-state index in [0.717, 1.165) is 0 Å². The molecule has 0 aromatic heterocycles. The van der Waals surface area contributed by atoms with Gasteiger partial charge in [-0.05, 0) is 33.6 Å². The second kappa shape index (κ2) is 5.33. The number of piperidine rings is 1. The minimum atomic E-state index is -0.632. The molecule has 2 N–H and O–H groups in total. The largest absolute Gasteiger partial charge is 0.444 e. The summed E-state index contributed by atoms with van der Waals surface area (Å²) in [6.07, 6.45) is 0.318. The highest BCUT2D eigenvalue weighted by Crippen LogP contribution is 2.12. The average molecular weight is 246 g/mol. The second-order valence-corrected chi connectivity index (χ2v) is 5.14. The van der Waals surface area contributed by atoms with E-state index in [1.807, 2.05) is 0 Å². The first-order chi connectivity index (χ1) is 7.81. The lowest BCUT2D eigenvalue weighted by Gasteiger charge is -2.29.